The van der Waals surface area contributed by atoms with Crippen LogP contribution in [0.3, 0.4) is 0 Å². The molecule has 1 aliphatic rings. The maximum atomic E-state index is 11.9. The molecule has 0 bridgehead atoms. The normalized spacial score (nSPS) is 18.4. The Hall–Kier alpha value is -0.570. The Morgan fingerprint density at radius 3 is 2.29 bits per heavy atom. The Labute approximate surface area is 105 Å². The van der Waals surface area contributed by atoms with Crippen LogP contribution in [0.25, 0.3) is 0 Å². The molecule has 1 amide bonds. The molecule has 0 spiro atoms. The highest BCUT2D eigenvalue weighted by molar-refractivity contribution is 5.78. The Morgan fingerprint density at radius 2 is 1.65 bits per heavy atom. The van der Waals surface area contributed by atoms with Gasteiger partial charge in [-0.05, 0) is 32.1 Å². The zero-order valence-corrected chi connectivity index (χ0v) is 10.9. The number of nitrogens with one attached hydrogen (secondary N) is 1. The predicted octanol–water partition coefficient (Wildman–Crippen LogP) is 2.63. The van der Waals surface area contributed by atoms with Gasteiger partial charge in [-0.3, -0.25) is 4.79 Å². The van der Waals surface area contributed by atoms with Gasteiger partial charge in [0.1, 0.15) is 0 Å². The van der Waals surface area contributed by atoms with Gasteiger partial charge >= 0.3 is 0 Å². The molecule has 3 nitrogen and oxygen atoms in total. The number of aliphatic hydroxyl groups is 1. The Kier molecular flexibility index (Phi) is 8.06. The van der Waals surface area contributed by atoms with E-state index in [9.17, 15) is 4.79 Å². The summed E-state index contributed by atoms with van der Waals surface area (Å²) in [5.74, 6) is 0.518. The monoisotopic (exact) mass is 241 g/mol. The van der Waals surface area contributed by atoms with Crippen LogP contribution in [-0.2, 0) is 4.79 Å². The predicted molar refractivity (Wildman–Crippen MR) is 69.8 cm³/mol. The van der Waals surface area contributed by atoms with E-state index in [-0.39, 0.29) is 18.4 Å². The molecular weight excluding hydrogens is 214 g/mol. The van der Waals surface area contributed by atoms with Crippen LogP contribution in [0.2, 0.25) is 0 Å². The molecule has 0 atom stereocenters. The lowest BCUT2D eigenvalue weighted by Gasteiger charge is -2.19. The molecule has 0 heterocycles. The van der Waals surface area contributed by atoms with Crippen molar-refractivity contribution in [2.75, 3.05) is 13.2 Å². The van der Waals surface area contributed by atoms with E-state index in [1.54, 1.807) is 0 Å². The Balaban J connectivity index is 2.11. The first-order valence-electron chi connectivity index (χ1n) is 7.23. The summed E-state index contributed by atoms with van der Waals surface area (Å²) in [6, 6.07) is 0. The van der Waals surface area contributed by atoms with E-state index >= 15 is 0 Å². The first-order valence-corrected chi connectivity index (χ1v) is 7.23. The number of hydrogen-bond donors (Lipinski definition) is 2. The second-order valence-corrected chi connectivity index (χ2v) is 5.12. The van der Waals surface area contributed by atoms with Gasteiger partial charge in [-0.15, -0.1) is 0 Å². The number of hydrogen-bond acceptors (Lipinski definition) is 2. The van der Waals surface area contributed by atoms with Crippen LogP contribution in [0.1, 0.15) is 64.2 Å². The molecule has 0 unspecified atom stereocenters. The number of unbranched alkanes of at least 4 members (excludes halogenated alkanes) is 2. The van der Waals surface area contributed by atoms with Crippen LogP contribution in [0.4, 0.5) is 0 Å². The average Bonchev–Trinajstić information content (AvgIpc) is 2.28. The van der Waals surface area contributed by atoms with Crippen molar-refractivity contribution in [1.82, 2.24) is 5.32 Å². The van der Waals surface area contributed by atoms with Crippen molar-refractivity contribution in [3.8, 4) is 0 Å². The van der Waals surface area contributed by atoms with Gasteiger partial charge in [0.25, 0.3) is 0 Å². The third-order valence-corrected chi connectivity index (χ3v) is 3.61. The van der Waals surface area contributed by atoms with Crippen LogP contribution in [0.15, 0.2) is 0 Å². The zero-order valence-electron chi connectivity index (χ0n) is 10.9. The summed E-state index contributed by atoms with van der Waals surface area (Å²) in [6.45, 7) is 1.03. The topological polar surface area (TPSA) is 49.3 Å². The first kappa shape index (κ1) is 14.5. The standard InChI is InChI=1S/C14H27NO2/c16-12-8-4-7-11-15-14(17)13-9-5-2-1-3-6-10-13/h13,16H,1-12H2,(H,15,17). The van der Waals surface area contributed by atoms with Crippen molar-refractivity contribution in [1.29, 1.82) is 0 Å². The minimum absolute atomic E-state index is 0.258. The summed E-state index contributed by atoms with van der Waals surface area (Å²) in [7, 11) is 0. The third kappa shape index (κ3) is 6.67. The zero-order chi connectivity index (χ0) is 12.3. The number of aliphatic hydroxyl groups excluding tert-OH is 1. The van der Waals surface area contributed by atoms with Crippen LogP contribution >= 0.6 is 0 Å². The fourth-order valence-corrected chi connectivity index (χ4v) is 2.49. The van der Waals surface area contributed by atoms with Gasteiger partial charge in [0.15, 0.2) is 0 Å². The molecule has 0 aliphatic heterocycles. The summed E-state index contributed by atoms with van der Waals surface area (Å²) in [4.78, 5) is 11.9. The molecular formula is C14H27NO2. The van der Waals surface area contributed by atoms with Crippen LogP contribution in [0, 0.1) is 5.92 Å². The van der Waals surface area contributed by atoms with Crippen molar-refractivity contribution < 1.29 is 9.90 Å². The van der Waals surface area contributed by atoms with Gasteiger partial charge in [0.2, 0.25) is 5.91 Å². The summed E-state index contributed by atoms with van der Waals surface area (Å²) in [5.41, 5.74) is 0. The number of carbonyl (C=O) groups is 1. The second kappa shape index (κ2) is 9.46. The molecule has 1 aliphatic carbocycles. The molecule has 100 valence electrons. The lowest BCUT2D eigenvalue weighted by atomic mass is 9.90. The van der Waals surface area contributed by atoms with Gasteiger partial charge in [0, 0.05) is 19.1 Å². The molecule has 0 radical (unpaired) electrons. The maximum absolute atomic E-state index is 11.9. The lowest BCUT2D eigenvalue weighted by Crippen LogP contribution is -2.31. The van der Waals surface area contributed by atoms with E-state index in [2.05, 4.69) is 5.32 Å². The van der Waals surface area contributed by atoms with Crippen LogP contribution in [0.5, 0.6) is 0 Å². The number of amides is 1. The first-order chi connectivity index (χ1) is 8.34. The van der Waals surface area contributed by atoms with Gasteiger partial charge in [-0.2, -0.15) is 0 Å². The molecule has 1 rings (SSSR count). The van der Waals surface area contributed by atoms with Crippen molar-refractivity contribution in [2.45, 2.75) is 64.2 Å². The summed E-state index contributed by atoms with van der Waals surface area (Å²) >= 11 is 0. The highest BCUT2D eigenvalue weighted by Crippen LogP contribution is 2.22. The van der Waals surface area contributed by atoms with Crippen molar-refractivity contribution >= 4 is 5.91 Å². The molecule has 0 aromatic heterocycles. The fraction of sp³-hybridized carbons (Fsp3) is 0.929. The van der Waals surface area contributed by atoms with Gasteiger partial charge in [0.05, 0.1) is 0 Å². The highest BCUT2D eigenvalue weighted by Gasteiger charge is 2.18. The van der Waals surface area contributed by atoms with Crippen molar-refractivity contribution in [2.24, 2.45) is 5.92 Å². The van der Waals surface area contributed by atoms with E-state index in [1.807, 2.05) is 0 Å². The van der Waals surface area contributed by atoms with Gasteiger partial charge in [-0.25, -0.2) is 0 Å². The fourth-order valence-electron chi connectivity index (χ4n) is 2.49. The van der Waals surface area contributed by atoms with Gasteiger partial charge in [-0.1, -0.05) is 32.1 Å². The van der Waals surface area contributed by atoms with E-state index in [1.165, 1.54) is 32.1 Å². The lowest BCUT2D eigenvalue weighted by molar-refractivity contribution is -0.125. The SMILES string of the molecule is O=C(NCCCCCO)C1CCCCCCC1. The van der Waals surface area contributed by atoms with Crippen molar-refractivity contribution in [3.05, 3.63) is 0 Å². The second-order valence-electron chi connectivity index (χ2n) is 5.12. The molecule has 0 saturated heterocycles. The minimum atomic E-state index is 0.258. The van der Waals surface area contributed by atoms with Gasteiger partial charge < -0.3 is 10.4 Å². The molecule has 17 heavy (non-hydrogen) atoms. The van der Waals surface area contributed by atoms with Crippen LogP contribution in [-0.4, -0.2) is 24.2 Å². The molecule has 1 saturated carbocycles. The summed E-state index contributed by atoms with van der Waals surface area (Å²) in [6.07, 6.45) is 11.3. The van der Waals surface area contributed by atoms with E-state index in [0.717, 1.165) is 38.6 Å². The van der Waals surface area contributed by atoms with Crippen LogP contribution < -0.4 is 5.32 Å². The molecule has 3 heteroatoms. The molecule has 1 fully saturated rings. The summed E-state index contributed by atoms with van der Waals surface area (Å²) < 4.78 is 0. The minimum Gasteiger partial charge on any atom is -0.396 e. The Morgan fingerprint density at radius 1 is 1.00 bits per heavy atom. The smallest absolute Gasteiger partial charge is 0.223 e. The molecule has 0 aromatic rings. The molecule has 0 aromatic carbocycles. The Bertz CT molecular complexity index is 198. The maximum Gasteiger partial charge on any atom is 0.223 e. The third-order valence-electron chi connectivity index (χ3n) is 3.61. The summed E-state index contributed by atoms with van der Waals surface area (Å²) in [5, 5.41) is 11.7. The van der Waals surface area contributed by atoms with E-state index in [0.29, 0.717) is 0 Å². The largest absolute Gasteiger partial charge is 0.396 e. The van der Waals surface area contributed by atoms with E-state index < -0.39 is 0 Å². The van der Waals surface area contributed by atoms with E-state index in [4.69, 9.17) is 5.11 Å². The van der Waals surface area contributed by atoms with Crippen molar-refractivity contribution in [3.63, 3.8) is 0 Å². The highest BCUT2D eigenvalue weighted by atomic mass is 16.2. The molecule has 2 N–H and O–H groups in total. The number of carbonyl (C=O) groups excluding carboxylic acids is 1. The quantitative estimate of drug-likeness (QED) is 0.702. The average molecular weight is 241 g/mol. The number of rotatable bonds is 6.